The summed E-state index contributed by atoms with van der Waals surface area (Å²) < 4.78 is 28.2. The Hall–Kier alpha value is -2.95. The van der Waals surface area contributed by atoms with E-state index in [0.717, 1.165) is 12.1 Å². The number of hydrogen-bond acceptors (Lipinski definition) is 3. The van der Waals surface area contributed by atoms with Gasteiger partial charge in [-0.05, 0) is 24.3 Å². The van der Waals surface area contributed by atoms with Crippen LogP contribution >= 0.6 is 0 Å². The highest BCUT2D eigenvalue weighted by atomic mass is 19.1. The van der Waals surface area contributed by atoms with Gasteiger partial charge in [0.25, 0.3) is 0 Å². The topological polar surface area (TPSA) is 51.2 Å². The molecule has 4 rings (SSSR count). The molecule has 2 aliphatic carbocycles. The Bertz CT molecular complexity index is 888. The van der Waals surface area contributed by atoms with E-state index in [1.165, 1.54) is 36.4 Å². The number of fused-ring (bicyclic) bond motifs is 2. The monoisotopic (exact) mass is 352 g/mol. The first-order valence-corrected chi connectivity index (χ1v) is 8.30. The van der Waals surface area contributed by atoms with Gasteiger partial charge in [-0.15, -0.1) is 0 Å². The van der Waals surface area contributed by atoms with Gasteiger partial charge in [0.05, 0.1) is 11.1 Å². The average Bonchev–Trinajstić information content (AvgIpc) is 3.14. The molecule has 130 valence electrons. The molecule has 0 aromatic heterocycles. The minimum Gasteiger partial charge on any atom is -0.298 e. The van der Waals surface area contributed by atoms with Crippen molar-refractivity contribution in [1.82, 2.24) is 0 Å². The molecule has 26 heavy (non-hydrogen) atoms. The van der Waals surface area contributed by atoms with E-state index >= 15 is 0 Å². The van der Waals surface area contributed by atoms with Crippen molar-refractivity contribution in [3.63, 3.8) is 0 Å². The molecule has 0 N–H and O–H groups in total. The largest absolute Gasteiger partial charge is 0.298 e. The fourth-order valence-electron chi connectivity index (χ4n) is 4.02. The summed E-state index contributed by atoms with van der Waals surface area (Å²) in [5.41, 5.74) is -0.310. The summed E-state index contributed by atoms with van der Waals surface area (Å²) in [7, 11) is 0. The third kappa shape index (κ3) is 2.35. The minimum absolute atomic E-state index is 0.155. The summed E-state index contributed by atoms with van der Waals surface area (Å²) in [6, 6.07) is 11.0. The van der Waals surface area contributed by atoms with Gasteiger partial charge in [0.1, 0.15) is 17.4 Å². The van der Waals surface area contributed by atoms with Crippen molar-refractivity contribution in [2.75, 3.05) is 0 Å². The zero-order chi connectivity index (χ0) is 18.4. The van der Waals surface area contributed by atoms with Crippen molar-refractivity contribution in [2.45, 2.75) is 0 Å². The van der Waals surface area contributed by atoms with E-state index in [1.807, 2.05) is 0 Å². The van der Waals surface area contributed by atoms with E-state index in [1.54, 1.807) is 12.2 Å². The second-order valence-electron chi connectivity index (χ2n) is 6.58. The Labute approximate surface area is 148 Å². The highest BCUT2D eigenvalue weighted by Gasteiger charge is 2.57. The standard InChI is InChI=1S/C21H14F2O3/c22-15-7-3-1-5-11(15)20(25)17-13-9-10-14(19(13)24)18(17)21(26)12-6-2-4-8-16(12)23/h1-10,13-14,17-18H. The number of ketones is 3. The molecule has 3 nitrogen and oxygen atoms in total. The fourth-order valence-corrected chi connectivity index (χ4v) is 4.02. The van der Waals surface area contributed by atoms with Crippen molar-refractivity contribution in [3.8, 4) is 0 Å². The summed E-state index contributed by atoms with van der Waals surface area (Å²) >= 11 is 0. The van der Waals surface area contributed by atoms with Gasteiger partial charge in [-0.1, -0.05) is 36.4 Å². The lowest BCUT2D eigenvalue weighted by Gasteiger charge is -2.25. The molecule has 1 saturated carbocycles. The second kappa shape index (κ2) is 6.09. The van der Waals surface area contributed by atoms with Crippen LogP contribution in [0.1, 0.15) is 20.7 Å². The zero-order valence-electron chi connectivity index (χ0n) is 13.6. The third-order valence-corrected chi connectivity index (χ3v) is 5.23. The number of carbonyl (C=O) groups excluding carboxylic acids is 3. The van der Waals surface area contributed by atoms with Gasteiger partial charge in [-0.2, -0.15) is 0 Å². The Morgan fingerprint density at radius 3 is 1.46 bits per heavy atom. The maximum Gasteiger partial charge on any atom is 0.170 e. The molecule has 2 aliphatic rings. The Balaban J connectivity index is 1.78. The van der Waals surface area contributed by atoms with Crippen LogP contribution in [0, 0.1) is 35.3 Å². The van der Waals surface area contributed by atoms with Gasteiger partial charge in [-0.3, -0.25) is 14.4 Å². The normalized spacial score (nSPS) is 26.3. The molecule has 5 heteroatoms. The lowest BCUT2D eigenvalue weighted by molar-refractivity contribution is -0.121. The fraction of sp³-hybridized carbons (Fsp3) is 0.190. The van der Waals surface area contributed by atoms with E-state index in [0.29, 0.717) is 0 Å². The molecule has 1 fully saturated rings. The van der Waals surface area contributed by atoms with Gasteiger partial charge in [0, 0.05) is 23.7 Å². The molecular formula is C21H14F2O3. The van der Waals surface area contributed by atoms with Crippen LogP contribution in [0.25, 0.3) is 0 Å². The van der Waals surface area contributed by atoms with Crippen molar-refractivity contribution < 1.29 is 23.2 Å². The number of rotatable bonds is 4. The van der Waals surface area contributed by atoms with E-state index < -0.39 is 46.9 Å². The first kappa shape index (κ1) is 16.5. The maximum absolute atomic E-state index is 14.1. The predicted octanol–water partition coefficient (Wildman–Crippen LogP) is 3.65. The first-order valence-electron chi connectivity index (χ1n) is 8.30. The van der Waals surface area contributed by atoms with Crippen molar-refractivity contribution >= 4 is 17.3 Å². The van der Waals surface area contributed by atoms with Crippen LogP contribution in [0.3, 0.4) is 0 Å². The molecule has 4 atom stereocenters. The number of benzene rings is 2. The summed E-state index contributed by atoms with van der Waals surface area (Å²) in [6.07, 6.45) is 3.20. The SMILES string of the molecule is O=C1C2C=CC1C(C(=O)c1ccccc1F)C2C(=O)c1ccccc1F. The molecule has 0 amide bonds. The number of Topliss-reactive ketones (excluding diaryl/α,β-unsaturated/α-hetero) is 3. The molecule has 2 aromatic rings. The van der Waals surface area contributed by atoms with E-state index in [2.05, 4.69) is 0 Å². The van der Waals surface area contributed by atoms with Crippen LogP contribution in [-0.4, -0.2) is 17.3 Å². The summed E-state index contributed by atoms with van der Waals surface area (Å²) in [4.78, 5) is 38.4. The van der Waals surface area contributed by atoms with Crippen LogP contribution in [0.4, 0.5) is 8.78 Å². The molecule has 0 radical (unpaired) electrons. The molecular weight excluding hydrogens is 338 g/mol. The molecule has 2 bridgehead atoms. The average molecular weight is 352 g/mol. The van der Waals surface area contributed by atoms with Gasteiger partial charge >= 0.3 is 0 Å². The Kier molecular flexibility index (Phi) is 3.87. The molecule has 0 heterocycles. The zero-order valence-corrected chi connectivity index (χ0v) is 13.6. The molecule has 4 unspecified atom stereocenters. The lowest BCUT2D eigenvalue weighted by Crippen LogP contribution is -2.34. The van der Waals surface area contributed by atoms with E-state index in [-0.39, 0.29) is 16.9 Å². The molecule has 0 aliphatic heterocycles. The van der Waals surface area contributed by atoms with Crippen molar-refractivity contribution in [2.24, 2.45) is 23.7 Å². The van der Waals surface area contributed by atoms with Crippen LogP contribution in [0.2, 0.25) is 0 Å². The lowest BCUT2D eigenvalue weighted by atomic mass is 9.75. The number of halogens is 2. The van der Waals surface area contributed by atoms with Crippen LogP contribution < -0.4 is 0 Å². The van der Waals surface area contributed by atoms with E-state index in [4.69, 9.17) is 0 Å². The molecule has 0 spiro atoms. The van der Waals surface area contributed by atoms with Gasteiger partial charge < -0.3 is 0 Å². The van der Waals surface area contributed by atoms with E-state index in [9.17, 15) is 23.2 Å². The highest BCUT2D eigenvalue weighted by Crippen LogP contribution is 2.48. The van der Waals surface area contributed by atoms with Gasteiger partial charge in [0.2, 0.25) is 0 Å². The first-order chi connectivity index (χ1) is 12.5. The predicted molar refractivity (Wildman–Crippen MR) is 89.6 cm³/mol. The smallest absolute Gasteiger partial charge is 0.170 e. The maximum atomic E-state index is 14.1. The van der Waals surface area contributed by atoms with Crippen LogP contribution in [0.5, 0.6) is 0 Å². The van der Waals surface area contributed by atoms with Crippen molar-refractivity contribution in [3.05, 3.63) is 83.4 Å². The van der Waals surface area contributed by atoms with Crippen LogP contribution in [0.15, 0.2) is 60.7 Å². The second-order valence-corrected chi connectivity index (χ2v) is 6.58. The Morgan fingerprint density at radius 2 is 1.08 bits per heavy atom. The highest BCUT2D eigenvalue weighted by molar-refractivity contribution is 6.13. The molecule has 0 saturated heterocycles. The minimum atomic E-state index is -1.01. The number of allylic oxidation sites excluding steroid dienone is 2. The van der Waals surface area contributed by atoms with Crippen LogP contribution in [-0.2, 0) is 4.79 Å². The summed E-state index contributed by atoms with van der Waals surface area (Å²) in [5.74, 6) is -6.40. The number of hydrogen-bond donors (Lipinski definition) is 0. The summed E-state index contributed by atoms with van der Waals surface area (Å²) in [6.45, 7) is 0. The van der Waals surface area contributed by atoms with Gasteiger partial charge in [-0.25, -0.2) is 8.78 Å². The van der Waals surface area contributed by atoms with Gasteiger partial charge in [0.15, 0.2) is 11.6 Å². The Morgan fingerprint density at radius 1 is 0.692 bits per heavy atom. The molecule has 2 aromatic carbocycles. The summed E-state index contributed by atoms with van der Waals surface area (Å²) in [5, 5.41) is 0. The third-order valence-electron chi connectivity index (χ3n) is 5.23. The van der Waals surface area contributed by atoms with Crippen molar-refractivity contribution in [1.29, 1.82) is 0 Å². The number of carbonyl (C=O) groups is 3. The quantitative estimate of drug-likeness (QED) is 0.623.